The van der Waals surface area contributed by atoms with E-state index >= 15 is 0 Å². The zero-order valence-electron chi connectivity index (χ0n) is 18.0. The Bertz CT molecular complexity index is 1350. The summed E-state index contributed by atoms with van der Waals surface area (Å²) in [5.74, 6) is 0.425. The first-order valence-electron chi connectivity index (χ1n) is 10.4. The fourth-order valence-electron chi connectivity index (χ4n) is 3.22. The molecular weight excluding hydrogens is 436 g/mol. The molecule has 1 heterocycles. The van der Waals surface area contributed by atoms with Gasteiger partial charge in [0.2, 0.25) is 0 Å². The van der Waals surface area contributed by atoms with Crippen molar-refractivity contribution in [2.24, 2.45) is 5.10 Å². The standard InChI is InChI=1S/C25H22N4O3S/c1-2-32-22-15-9-6-10-18(22)16-26-28-23(30)17-33-25-27-21-14-8-7-13-20(21)24(31)29(25)19-11-4-3-5-12-19/h3-16H,2,17H2,1H3,(H,28,30)/b26-16-. The monoisotopic (exact) mass is 458 g/mol. The quantitative estimate of drug-likeness (QED) is 0.187. The van der Waals surface area contributed by atoms with Crippen LogP contribution < -0.4 is 15.7 Å². The first-order valence-corrected chi connectivity index (χ1v) is 11.4. The molecule has 0 saturated carbocycles. The van der Waals surface area contributed by atoms with Gasteiger partial charge in [0.1, 0.15) is 5.75 Å². The lowest BCUT2D eigenvalue weighted by Gasteiger charge is -2.12. The minimum absolute atomic E-state index is 0.0437. The maximum absolute atomic E-state index is 13.2. The predicted octanol–water partition coefficient (Wildman–Crippen LogP) is 4.03. The zero-order chi connectivity index (χ0) is 23.0. The number of nitrogens with zero attached hydrogens (tertiary/aromatic N) is 3. The van der Waals surface area contributed by atoms with Crippen LogP contribution in [-0.4, -0.2) is 34.0 Å². The average molecular weight is 459 g/mol. The molecule has 33 heavy (non-hydrogen) atoms. The number of ether oxygens (including phenoxy) is 1. The van der Waals surface area contributed by atoms with Gasteiger partial charge in [0.05, 0.1) is 35.2 Å². The van der Waals surface area contributed by atoms with E-state index in [0.717, 1.165) is 5.56 Å². The normalized spacial score (nSPS) is 11.1. The van der Waals surface area contributed by atoms with Crippen molar-refractivity contribution in [2.75, 3.05) is 12.4 Å². The van der Waals surface area contributed by atoms with Gasteiger partial charge < -0.3 is 4.74 Å². The van der Waals surface area contributed by atoms with Crippen LogP contribution in [0.15, 0.2) is 93.9 Å². The summed E-state index contributed by atoms with van der Waals surface area (Å²) in [6, 6.07) is 23.9. The number of rotatable bonds is 8. The second-order valence-corrected chi connectivity index (χ2v) is 7.88. The number of para-hydroxylation sites is 3. The predicted molar refractivity (Wildman–Crippen MR) is 131 cm³/mol. The van der Waals surface area contributed by atoms with E-state index in [-0.39, 0.29) is 17.2 Å². The van der Waals surface area contributed by atoms with Crippen LogP contribution in [0.2, 0.25) is 0 Å². The van der Waals surface area contributed by atoms with E-state index in [4.69, 9.17) is 4.74 Å². The lowest BCUT2D eigenvalue weighted by molar-refractivity contribution is -0.118. The van der Waals surface area contributed by atoms with E-state index in [0.29, 0.717) is 34.1 Å². The summed E-state index contributed by atoms with van der Waals surface area (Å²) < 4.78 is 7.08. The van der Waals surface area contributed by atoms with E-state index < -0.39 is 0 Å². The minimum Gasteiger partial charge on any atom is -0.493 e. The van der Waals surface area contributed by atoms with Gasteiger partial charge in [-0.25, -0.2) is 10.4 Å². The Kier molecular flexibility index (Phi) is 7.16. The lowest BCUT2D eigenvalue weighted by atomic mass is 10.2. The van der Waals surface area contributed by atoms with Gasteiger partial charge in [0.15, 0.2) is 5.16 Å². The number of carbonyl (C=O) groups excluding carboxylic acids is 1. The molecule has 0 aliphatic rings. The Morgan fingerprint density at radius 2 is 1.79 bits per heavy atom. The van der Waals surface area contributed by atoms with E-state index in [1.54, 1.807) is 18.3 Å². The molecule has 1 amide bonds. The highest BCUT2D eigenvalue weighted by molar-refractivity contribution is 7.99. The van der Waals surface area contributed by atoms with Gasteiger partial charge in [-0.05, 0) is 43.3 Å². The first-order chi connectivity index (χ1) is 16.2. The van der Waals surface area contributed by atoms with Crippen molar-refractivity contribution in [1.29, 1.82) is 0 Å². The third kappa shape index (κ3) is 5.30. The second kappa shape index (κ2) is 10.6. The van der Waals surface area contributed by atoms with Crippen molar-refractivity contribution < 1.29 is 9.53 Å². The van der Waals surface area contributed by atoms with E-state index in [9.17, 15) is 9.59 Å². The molecule has 166 valence electrons. The van der Waals surface area contributed by atoms with Crippen molar-refractivity contribution in [3.63, 3.8) is 0 Å². The third-order valence-electron chi connectivity index (χ3n) is 4.70. The molecule has 0 bridgehead atoms. The Balaban J connectivity index is 1.52. The number of hydrazone groups is 1. The second-order valence-electron chi connectivity index (χ2n) is 6.94. The number of carbonyl (C=O) groups is 1. The highest BCUT2D eigenvalue weighted by Gasteiger charge is 2.14. The largest absolute Gasteiger partial charge is 0.493 e. The van der Waals surface area contributed by atoms with Crippen molar-refractivity contribution in [2.45, 2.75) is 12.1 Å². The van der Waals surface area contributed by atoms with Gasteiger partial charge in [-0.1, -0.05) is 54.2 Å². The highest BCUT2D eigenvalue weighted by Crippen LogP contribution is 2.21. The smallest absolute Gasteiger partial charge is 0.266 e. The summed E-state index contributed by atoms with van der Waals surface area (Å²) in [5, 5.41) is 4.99. The average Bonchev–Trinajstić information content (AvgIpc) is 2.84. The number of hydrogen-bond acceptors (Lipinski definition) is 6. The molecule has 4 aromatic rings. The Morgan fingerprint density at radius 3 is 2.61 bits per heavy atom. The summed E-state index contributed by atoms with van der Waals surface area (Å²) in [6.07, 6.45) is 1.54. The van der Waals surface area contributed by atoms with Gasteiger partial charge >= 0.3 is 0 Å². The van der Waals surface area contributed by atoms with Gasteiger partial charge in [-0.2, -0.15) is 5.10 Å². The van der Waals surface area contributed by atoms with Crippen LogP contribution in [0.4, 0.5) is 0 Å². The van der Waals surface area contributed by atoms with Gasteiger partial charge in [0, 0.05) is 5.56 Å². The molecule has 0 aliphatic heterocycles. The fourth-order valence-corrected chi connectivity index (χ4v) is 4.03. The van der Waals surface area contributed by atoms with E-state index in [2.05, 4.69) is 15.5 Å². The molecule has 1 N–H and O–H groups in total. The zero-order valence-corrected chi connectivity index (χ0v) is 18.8. The topological polar surface area (TPSA) is 85.6 Å². The highest BCUT2D eigenvalue weighted by atomic mass is 32.2. The number of thioether (sulfide) groups is 1. The summed E-state index contributed by atoms with van der Waals surface area (Å²) in [5.41, 5.74) is 4.38. The number of amides is 1. The summed E-state index contributed by atoms with van der Waals surface area (Å²) in [4.78, 5) is 30.2. The van der Waals surface area contributed by atoms with Crippen LogP contribution >= 0.6 is 11.8 Å². The van der Waals surface area contributed by atoms with Crippen LogP contribution in [0, 0.1) is 0 Å². The SMILES string of the molecule is CCOc1ccccc1/C=N\NC(=O)CSc1nc2ccccc2c(=O)n1-c1ccccc1. The number of aromatic nitrogens is 2. The Hall–Kier alpha value is -3.91. The molecule has 7 nitrogen and oxygen atoms in total. The maximum atomic E-state index is 13.2. The van der Waals surface area contributed by atoms with Crippen LogP contribution in [-0.2, 0) is 4.79 Å². The van der Waals surface area contributed by atoms with Gasteiger partial charge in [-0.3, -0.25) is 14.2 Å². The van der Waals surface area contributed by atoms with Gasteiger partial charge in [0.25, 0.3) is 11.5 Å². The third-order valence-corrected chi connectivity index (χ3v) is 5.64. The summed E-state index contributed by atoms with van der Waals surface area (Å²) in [6.45, 7) is 2.44. The van der Waals surface area contributed by atoms with Crippen LogP contribution in [0.5, 0.6) is 5.75 Å². The summed E-state index contributed by atoms with van der Waals surface area (Å²) >= 11 is 1.18. The number of fused-ring (bicyclic) bond motifs is 1. The molecule has 8 heteroatoms. The van der Waals surface area contributed by atoms with Crippen molar-refractivity contribution >= 4 is 34.8 Å². The van der Waals surface area contributed by atoms with Crippen LogP contribution in [0.1, 0.15) is 12.5 Å². The molecule has 0 unspecified atom stereocenters. The number of nitrogens with one attached hydrogen (secondary N) is 1. The van der Waals surface area contributed by atoms with Crippen molar-refractivity contribution in [1.82, 2.24) is 15.0 Å². The molecule has 0 fully saturated rings. The first kappa shape index (κ1) is 22.3. The number of benzene rings is 3. The molecule has 0 spiro atoms. The molecule has 0 saturated heterocycles. The van der Waals surface area contributed by atoms with Crippen LogP contribution in [0.3, 0.4) is 0 Å². The molecule has 3 aromatic carbocycles. The molecule has 0 atom stereocenters. The fraction of sp³-hybridized carbons (Fsp3) is 0.120. The maximum Gasteiger partial charge on any atom is 0.266 e. The van der Waals surface area contributed by atoms with E-state index in [1.807, 2.05) is 73.7 Å². The van der Waals surface area contributed by atoms with Crippen molar-refractivity contribution in [3.8, 4) is 11.4 Å². The summed E-state index contributed by atoms with van der Waals surface area (Å²) in [7, 11) is 0. The minimum atomic E-state index is -0.313. The Labute approximate surface area is 195 Å². The Morgan fingerprint density at radius 1 is 1.06 bits per heavy atom. The lowest BCUT2D eigenvalue weighted by Crippen LogP contribution is -2.24. The molecule has 1 aromatic heterocycles. The molecule has 0 aliphatic carbocycles. The molecular formula is C25H22N4O3S. The van der Waals surface area contributed by atoms with E-state index in [1.165, 1.54) is 16.3 Å². The van der Waals surface area contributed by atoms with Crippen molar-refractivity contribution in [3.05, 3.63) is 94.8 Å². The van der Waals surface area contributed by atoms with Gasteiger partial charge in [-0.15, -0.1) is 0 Å². The number of hydrogen-bond donors (Lipinski definition) is 1. The van der Waals surface area contributed by atoms with Crippen LogP contribution in [0.25, 0.3) is 16.6 Å². The molecule has 4 rings (SSSR count). The molecule has 0 radical (unpaired) electrons.